The Morgan fingerprint density at radius 1 is 0.278 bits per heavy atom. The van der Waals surface area contributed by atoms with Crippen molar-refractivity contribution in [3.63, 3.8) is 0 Å². The fourth-order valence-electron chi connectivity index (χ4n) is 4.84. The molecule has 0 radical (unpaired) electrons. The molecule has 0 amide bonds. The van der Waals surface area contributed by atoms with Crippen molar-refractivity contribution >= 4 is 73.9 Å². The molecule has 0 atom stereocenters. The van der Waals surface area contributed by atoms with Gasteiger partial charge in [0.25, 0.3) is 0 Å². The van der Waals surface area contributed by atoms with E-state index in [4.69, 9.17) is 0 Å². The zero-order chi connectivity index (χ0) is 24.2. The Morgan fingerprint density at radius 3 is 0.889 bits per heavy atom. The van der Waals surface area contributed by atoms with Crippen molar-refractivity contribution in [2.45, 2.75) is 0 Å². The van der Waals surface area contributed by atoms with E-state index in [1.54, 1.807) is 6.54 Å². The Hall–Kier alpha value is -2.65. The normalized spacial score (nSPS) is 11.3. The summed E-state index contributed by atoms with van der Waals surface area (Å²) in [5.41, 5.74) is 0. The molecule has 0 aliphatic carbocycles. The van der Waals surface area contributed by atoms with Crippen molar-refractivity contribution in [1.29, 1.82) is 0 Å². The molecule has 36 heavy (non-hydrogen) atoms. The fourth-order valence-corrected chi connectivity index (χ4v) is 25.8. The van der Waals surface area contributed by atoms with E-state index in [0.717, 1.165) is 0 Å². The molecule has 0 unspecified atom stereocenters. The van der Waals surface area contributed by atoms with Crippen LogP contribution in [-0.4, -0.2) is 43.5 Å². The van der Waals surface area contributed by atoms with E-state index in [1.165, 1.54) is 23.9 Å². The third kappa shape index (κ3) is 4.83. The summed E-state index contributed by atoms with van der Waals surface area (Å²) in [7, 11) is 0. The van der Waals surface area contributed by atoms with E-state index in [1.807, 2.05) is 0 Å². The van der Waals surface area contributed by atoms with Crippen LogP contribution in [0.15, 0.2) is 158 Å². The molecule has 0 aliphatic heterocycles. The quantitative estimate of drug-likeness (QED) is 0.224. The first-order chi connectivity index (χ1) is 17.9. The van der Waals surface area contributed by atoms with Gasteiger partial charge in [-0.05, 0) is 0 Å². The number of rotatable bonds is 6. The van der Waals surface area contributed by atoms with Gasteiger partial charge in [0.15, 0.2) is 0 Å². The average molecular weight is 853 g/mol. The molecule has 0 aromatic heterocycles. The standard InChI is InChI=1S/C10H6.4C6H5.2Bi/c1-2-6-10-8-4-3-7-9(10)5-1;4*1-2-4-6-5-3-1;;/h1-5,7H;4*1-5H;;. The van der Waals surface area contributed by atoms with E-state index >= 15 is 0 Å². The van der Waals surface area contributed by atoms with Crippen LogP contribution in [0.5, 0.6) is 0 Å². The minimum atomic E-state index is -2.55. The van der Waals surface area contributed by atoms with Gasteiger partial charge in [-0.2, -0.15) is 0 Å². The summed E-state index contributed by atoms with van der Waals surface area (Å²) < 4.78 is 9.33. The Balaban J connectivity index is 1.66. The average Bonchev–Trinajstić information content (AvgIpc) is 2.96. The molecule has 0 nitrogen and oxygen atoms in total. The van der Waals surface area contributed by atoms with Gasteiger partial charge in [-0.15, -0.1) is 0 Å². The molecule has 0 heterocycles. The Bertz CT molecular complexity index is 1370. The van der Waals surface area contributed by atoms with Crippen LogP contribution in [0.4, 0.5) is 0 Å². The van der Waals surface area contributed by atoms with Crippen LogP contribution in [0.2, 0.25) is 0 Å². The predicted octanol–water partition coefficient (Wildman–Crippen LogP) is 3.87. The van der Waals surface area contributed by atoms with Crippen molar-refractivity contribution in [2.75, 3.05) is 0 Å². The summed E-state index contributed by atoms with van der Waals surface area (Å²) in [6.07, 6.45) is 0. The molecule has 0 saturated carbocycles. The number of hydrogen-bond donors (Lipinski definition) is 0. The third-order valence-electron chi connectivity index (χ3n) is 6.40. The second kappa shape index (κ2) is 11.2. The predicted molar refractivity (Wildman–Crippen MR) is 159 cm³/mol. The molecule has 0 fully saturated rings. The van der Waals surface area contributed by atoms with Gasteiger partial charge in [-0.1, -0.05) is 0 Å². The second-order valence-corrected chi connectivity index (χ2v) is 25.7. The van der Waals surface area contributed by atoms with Gasteiger partial charge in [0, 0.05) is 0 Å². The summed E-state index contributed by atoms with van der Waals surface area (Å²) in [4.78, 5) is 0. The summed E-state index contributed by atoms with van der Waals surface area (Å²) in [5, 5.41) is 2.90. The van der Waals surface area contributed by atoms with Crippen LogP contribution in [0.25, 0.3) is 10.8 Å². The van der Waals surface area contributed by atoms with Gasteiger partial charge in [0.1, 0.15) is 0 Å². The van der Waals surface area contributed by atoms with Crippen molar-refractivity contribution in [3.8, 4) is 0 Å². The summed E-state index contributed by atoms with van der Waals surface area (Å²) >= 11 is -5.10. The SMILES string of the molecule is c1cc[c]([Bi]([c]2ccccc2)[c]2cccc3ccc[c]([Bi]([c]4ccccc4)[c]4ccccc4)c23)cc1. The van der Waals surface area contributed by atoms with Crippen LogP contribution >= 0.6 is 0 Å². The zero-order valence-electron chi connectivity index (χ0n) is 19.9. The Labute approximate surface area is 229 Å². The van der Waals surface area contributed by atoms with E-state index in [-0.39, 0.29) is 0 Å². The molecule has 0 bridgehead atoms. The molecular weight excluding hydrogens is 826 g/mol. The maximum absolute atomic E-state index is 2.55. The molecule has 0 aliphatic rings. The number of hydrogen-bond acceptors (Lipinski definition) is 0. The molecule has 0 saturated heterocycles. The first-order valence-corrected chi connectivity index (χ1v) is 22.7. The maximum atomic E-state index is 2.45. The monoisotopic (exact) mass is 852 g/mol. The molecule has 6 aromatic carbocycles. The van der Waals surface area contributed by atoms with Crippen LogP contribution in [0.1, 0.15) is 0 Å². The van der Waals surface area contributed by atoms with Gasteiger partial charge < -0.3 is 0 Å². The molecule has 6 aromatic rings. The van der Waals surface area contributed by atoms with Crippen LogP contribution in [0, 0.1) is 0 Å². The number of benzene rings is 6. The molecule has 0 spiro atoms. The first-order valence-electron chi connectivity index (χ1n) is 12.2. The van der Waals surface area contributed by atoms with E-state index < -0.39 is 43.5 Å². The van der Waals surface area contributed by atoms with Gasteiger partial charge in [-0.3, -0.25) is 0 Å². The van der Waals surface area contributed by atoms with Crippen molar-refractivity contribution in [2.24, 2.45) is 0 Å². The minimum absolute atomic E-state index is 1.38. The molecule has 0 N–H and O–H groups in total. The second-order valence-electron chi connectivity index (χ2n) is 8.67. The van der Waals surface area contributed by atoms with Crippen LogP contribution < -0.4 is 19.6 Å². The van der Waals surface area contributed by atoms with Gasteiger partial charge >= 0.3 is 232 Å². The Kier molecular flexibility index (Phi) is 7.36. The van der Waals surface area contributed by atoms with Gasteiger partial charge in [0.2, 0.25) is 0 Å². The molecule has 6 rings (SSSR count). The van der Waals surface area contributed by atoms with E-state index in [9.17, 15) is 0 Å². The summed E-state index contributed by atoms with van der Waals surface area (Å²) in [6.45, 7) is 0. The molecular formula is C34H26Bi2. The van der Waals surface area contributed by atoms with Crippen molar-refractivity contribution in [1.82, 2.24) is 0 Å². The van der Waals surface area contributed by atoms with E-state index in [2.05, 4.69) is 158 Å². The topological polar surface area (TPSA) is 0 Å². The van der Waals surface area contributed by atoms with Gasteiger partial charge in [-0.25, -0.2) is 0 Å². The number of fused-ring (bicyclic) bond motifs is 1. The fraction of sp³-hybridized carbons (Fsp3) is 0. The van der Waals surface area contributed by atoms with Gasteiger partial charge in [0.05, 0.1) is 0 Å². The van der Waals surface area contributed by atoms with Crippen molar-refractivity contribution < 1.29 is 0 Å². The van der Waals surface area contributed by atoms with Crippen LogP contribution in [0.3, 0.4) is 0 Å². The van der Waals surface area contributed by atoms with Crippen LogP contribution in [-0.2, 0) is 0 Å². The molecule has 2 heteroatoms. The summed E-state index contributed by atoms with van der Waals surface area (Å²) in [5.74, 6) is 0. The third-order valence-corrected chi connectivity index (χ3v) is 25.7. The van der Waals surface area contributed by atoms with Crippen molar-refractivity contribution in [3.05, 3.63) is 158 Å². The summed E-state index contributed by atoms with van der Waals surface area (Å²) in [6, 6.07) is 59.2. The van der Waals surface area contributed by atoms with E-state index in [0.29, 0.717) is 0 Å². The first kappa shape index (κ1) is 23.7. The molecule has 172 valence electrons. The zero-order valence-corrected chi connectivity index (χ0v) is 26.9. The Morgan fingerprint density at radius 2 is 0.583 bits per heavy atom.